The molecule has 5 N–H and O–H groups in total. The summed E-state index contributed by atoms with van der Waals surface area (Å²) < 4.78 is 62.4. The molecule has 0 saturated heterocycles. The summed E-state index contributed by atoms with van der Waals surface area (Å²) in [5.74, 6) is -2.25. The first kappa shape index (κ1) is 27.4. The molecule has 5 rings (SSSR count). The van der Waals surface area contributed by atoms with Crippen LogP contribution in [0, 0.1) is 6.92 Å². The van der Waals surface area contributed by atoms with E-state index in [9.17, 15) is 26.7 Å². The molecule has 0 aliphatic heterocycles. The standard InChI is InChI=1S/C20H23N7O3S.C2HF3O2/c1-13-2-3-14(31(29,30)26-19-4-6-20(28,10-19)7-5-19)8-15(13)16-9-23-17(21)18(25-16)27-12-22-11-24-27;3-2(4,5)1(6)7/h2-3,8-9,11-12,26,28H,4-7,10H2,1H3,(H2,21,23);(H,6,7). The van der Waals surface area contributed by atoms with Crippen LogP contribution in [0.4, 0.5) is 19.0 Å². The van der Waals surface area contributed by atoms with E-state index in [1.165, 1.54) is 23.5 Å². The van der Waals surface area contributed by atoms with Crippen LogP contribution < -0.4 is 10.5 Å². The van der Waals surface area contributed by atoms with Crippen molar-refractivity contribution in [3.8, 4) is 17.1 Å². The number of carbonyl (C=O) groups is 1. The zero-order chi connectivity index (χ0) is 27.9. The van der Waals surface area contributed by atoms with Crippen LogP contribution in [-0.4, -0.2) is 66.6 Å². The average Bonchev–Trinajstić information content (AvgIpc) is 3.54. The number of aliphatic carboxylic acids is 1. The Morgan fingerprint density at radius 3 is 2.39 bits per heavy atom. The minimum absolute atomic E-state index is 0.144. The largest absolute Gasteiger partial charge is 0.490 e. The van der Waals surface area contributed by atoms with Crippen molar-refractivity contribution in [1.82, 2.24) is 29.5 Å². The normalized spacial score (nSPS) is 22.7. The summed E-state index contributed by atoms with van der Waals surface area (Å²) in [6.07, 6.45) is 2.26. The van der Waals surface area contributed by atoms with E-state index in [1.807, 2.05) is 6.92 Å². The lowest BCUT2D eigenvalue weighted by atomic mass is 9.94. The Kier molecular flexibility index (Phi) is 6.92. The molecule has 16 heteroatoms. The number of sulfonamides is 1. The van der Waals surface area contributed by atoms with E-state index in [-0.39, 0.29) is 10.7 Å². The zero-order valence-corrected chi connectivity index (χ0v) is 20.8. The van der Waals surface area contributed by atoms with Crippen molar-refractivity contribution in [1.29, 1.82) is 0 Å². The van der Waals surface area contributed by atoms with Crippen molar-refractivity contribution in [3.05, 3.63) is 42.6 Å². The van der Waals surface area contributed by atoms with Crippen LogP contribution in [0.2, 0.25) is 0 Å². The number of nitrogens with one attached hydrogen (secondary N) is 1. The molecule has 1 aromatic carbocycles. The first-order valence-electron chi connectivity index (χ1n) is 11.3. The Morgan fingerprint density at radius 1 is 1.21 bits per heavy atom. The van der Waals surface area contributed by atoms with Crippen LogP contribution in [0.15, 0.2) is 41.9 Å². The van der Waals surface area contributed by atoms with Crippen LogP contribution in [-0.2, 0) is 14.8 Å². The second-order valence-electron chi connectivity index (χ2n) is 9.37. The SMILES string of the molecule is Cc1ccc(S(=O)(=O)NC23CCC(O)(CC2)C3)cc1-c1cnc(N)c(-n2cncn2)n1.O=C(O)C(F)(F)F. The fourth-order valence-corrected chi connectivity index (χ4v) is 6.19. The molecule has 204 valence electrons. The lowest BCUT2D eigenvalue weighted by Gasteiger charge is -2.27. The van der Waals surface area contributed by atoms with E-state index in [0.29, 0.717) is 49.2 Å². The first-order valence-corrected chi connectivity index (χ1v) is 12.8. The van der Waals surface area contributed by atoms with E-state index in [2.05, 4.69) is 24.8 Å². The molecule has 2 fully saturated rings. The first-order chi connectivity index (χ1) is 17.6. The summed E-state index contributed by atoms with van der Waals surface area (Å²) >= 11 is 0. The Morgan fingerprint density at radius 2 is 1.87 bits per heavy atom. The summed E-state index contributed by atoms with van der Waals surface area (Å²) in [6.45, 7) is 1.87. The number of carboxylic acids is 1. The third kappa shape index (κ3) is 5.61. The number of anilines is 1. The number of carboxylic acid groups (broad SMARTS) is 1. The van der Waals surface area contributed by atoms with Crippen LogP contribution in [0.1, 0.15) is 37.7 Å². The molecule has 3 aromatic rings. The highest BCUT2D eigenvalue weighted by atomic mass is 32.2. The van der Waals surface area contributed by atoms with Gasteiger partial charge in [0.1, 0.15) is 12.7 Å². The molecule has 0 amide bonds. The Hall–Kier alpha value is -3.63. The summed E-state index contributed by atoms with van der Waals surface area (Å²) in [5, 5.41) is 21.6. The maximum Gasteiger partial charge on any atom is 0.490 e. The number of aryl methyl sites for hydroxylation is 1. The number of nitrogen functional groups attached to an aromatic ring is 1. The Balaban J connectivity index is 0.000000426. The second-order valence-corrected chi connectivity index (χ2v) is 11.1. The van der Waals surface area contributed by atoms with Crippen molar-refractivity contribution in [3.63, 3.8) is 0 Å². The molecule has 2 aromatic heterocycles. The number of nitrogens with two attached hydrogens (primary N) is 1. The number of halogens is 3. The maximum absolute atomic E-state index is 13.2. The number of benzene rings is 1. The van der Waals surface area contributed by atoms with Gasteiger partial charge in [0.05, 0.1) is 22.4 Å². The highest BCUT2D eigenvalue weighted by molar-refractivity contribution is 7.89. The van der Waals surface area contributed by atoms with Crippen molar-refractivity contribution in [2.75, 3.05) is 5.73 Å². The van der Waals surface area contributed by atoms with Crippen LogP contribution in [0.3, 0.4) is 0 Å². The lowest BCUT2D eigenvalue weighted by Crippen LogP contribution is -2.44. The topological polar surface area (TPSA) is 186 Å². The Labute approximate surface area is 214 Å². The van der Waals surface area contributed by atoms with Gasteiger partial charge in [-0.3, -0.25) is 0 Å². The molecule has 0 unspecified atom stereocenters. The zero-order valence-electron chi connectivity index (χ0n) is 20.0. The summed E-state index contributed by atoms with van der Waals surface area (Å²) in [5.41, 5.74) is 6.58. The summed E-state index contributed by atoms with van der Waals surface area (Å²) in [7, 11) is -3.78. The van der Waals surface area contributed by atoms with Gasteiger partial charge in [0.2, 0.25) is 10.0 Å². The fourth-order valence-electron chi connectivity index (χ4n) is 4.71. The number of aromatic nitrogens is 5. The molecule has 2 bridgehead atoms. The third-order valence-corrected chi connectivity index (χ3v) is 8.19. The van der Waals surface area contributed by atoms with Gasteiger partial charge in [-0.1, -0.05) is 6.07 Å². The molecular weight excluding hydrogens is 531 g/mol. The van der Waals surface area contributed by atoms with Gasteiger partial charge in [-0.2, -0.15) is 23.0 Å². The van der Waals surface area contributed by atoms with Crippen molar-refractivity contribution >= 4 is 21.8 Å². The molecule has 12 nitrogen and oxygen atoms in total. The van der Waals surface area contributed by atoms with E-state index in [1.54, 1.807) is 18.2 Å². The predicted octanol–water partition coefficient (Wildman–Crippen LogP) is 1.97. The van der Waals surface area contributed by atoms with E-state index in [0.717, 1.165) is 5.56 Å². The van der Waals surface area contributed by atoms with Crippen LogP contribution in [0.5, 0.6) is 0 Å². The molecule has 0 spiro atoms. The molecule has 38 heavy (non-hydrogen) atoms. The highest BCUT2D eigenvalue weighted by Gasteiger charge is 2.55. The maximum atomic E-state index is 13.2. The van der Waals surface area contributed by atoms with E-state index >= 15 is 0 Å². The molecule has 0 radical (unpaired) electrons. The number of hydrogen-bond donors (Lipinski definition) is 4. The predicted molar refractivity (Wildman–Crippen MR) is 126 cm³/mol. The summed E-state index contributed by atoms with van der Waals surface area (Å²) in [4.78, 5) is 21.7. The quantitative estimate of drug-likeness (QED) is 0.363. The van der Waals surface area contributed by atoms with Gasteiger partial charge >= 0.3 is 12.1 Å². The molecule has 2 aliphatic rings. The molecular formula is C22H24F3N7O5S. The van der Waals surface area contributed by atoms with Gasteiger partial charge in [0, 0.05) is 11.1 Å². The average molecular weight is 556 g/mol. The fraction of sp³-hybridized carbons (Fsp3) is 0.409. The highest BCUT2D eigenvalue weighted by Crippen LogP contribution is 2.51. The van der Waals surface area contributed by atoms with Gasteiger partial charge in [0.15, 0.2) is 11.6 Å². The number of rotatable bonds is 5. The monoisotopic (exact) mass is 555 g/mol. The number of nitrogens with zero attached hydrogens (tertiary/aromatic N) is 5. The summed E-state index contributed by atoms with van der Waals surface area (Å²) in [6, 6.07) is 4.92. The van der Waals surface area contributed by atoms with Crippen molar-refractivity contribution in [2.24, 2.45) is 0 Å². The molecule has 2 heterocycles. The van der Waals surface area contributed by atoms with Gasteiger partial charge in [0.25, 0.3) is 0 Å². The smallest absolute Gasteiger partial charge is 0.475 e. The van der Waals surface area contributed by atoms with Crippen molar-refractivity contribution < 1.29 is 36.6 Å². The minimum Gasteiger partial charge on any atom is -0.475 e. The lowest BCUT2D eigenvalue weighted by molar-refractivity contribution is -0.192. The van der Waals surface area contributed by atoms with Gasteiger partial charge in [-0.15, -0.1) is 0 Å². The Bertz CT molecular complexity index is 1450. The molecule has 0 atom stereocenters. The molecule has 2 aliphatic carbocycles. The van der Waals surface area contributed by atoms with Gasteiger partial charge < -0.3 is 15.9 Å². The number of hydrogen-bond acceptors (Lipinski definition) is 9. The van der Waals surface area contributed by atoms with E-state index < -0.39 is 33.3 Å². The number of alkyl halides is 3. The second kappa shape index (κ2) is 9.59. The van der Waals surface area contributed by atoms with Crippen molar-refractivity contribution in [2.45, 2.75) is 61.2 Å². The van der Waals surface area contributed by atoms with E-state index in [4.69, 9.17) is 15.6 Å². The van der Waals surface area contributed by atoms with Gasteiger partial charge in [-0.05, 0) is 56.7 Å². The minimum atomic E-state index is -5.08. The van der Waals surface area contributed by atoms with Gasteiger partial charge in [-0.25, -0.2) is 32.9 Å². The number of fused-ring (bicyclic) bond motifs is 2. The number of aliphatic hydroxyl groups is 1. The molecule has 2 saturated carbocycles. The van der Waals surface area contributed by atoms with Crippen LogP contribution in [0.25, 0.3) is 17.1 Å². The third-order valence-electron chi connectivity index (χ3n) is 6.61. The van der Waals surface area contributed by atoms with Crippen LogP contribution >= 0.6 is 0 Å².